The molecular weight excluding hydrogens is 276 g/mol. The van der Waals surface area contributed by atoms with E-state index < -0.39 is 10.0 Å². The van der Waals surface area contributed by atoms with E-state index in [4.69, 9.17) is 10.5 Å². The van der Waals surface area contributed by atoms with E-state index in [0.717, 1.165) is 24.1 Å². The molecule has 5 nitrogen and oxygen atoms in total. The van der Waals surface area contributed by atoms with Crippen molar-refractivity contribution in [3.8, 4) is 0 Å². The van der Waals surface area contributed by atoms with E-state index in [0.29, 0.717) is 38.3 Å². The fraction of sp³-hybridized carbons (Fsp3) is 0.571. The second-order valence-corrected chi connectivity index (χ2v) is 7.56. The number of hydrogen-bond acceptors (Lipinski definition) is 4. The van der Waals surface area contributed by atoms with Crippen LogP contribution in [0.4, 0.5) is 11.4 Å². The predicted octanol–water partition coefficient (Wildman–Crippen LogP) is 1.53. The molecule has 2 heterocycles. The summed E-state index contributed by atoms with van der Waals surface area (Å²) in [4.78, 5) is 0. The van der Waals surface area contributed by atoms with Crippen molar-refractivity contribution in [1.82, 2.24) is 0 Å². The molecule has 0 aromatic heterocycles. The van der Waals surface area contributed by atoms with Crippen molar-refractivity contribution in [2.75, 3.05) is 29.8 Å². The number of nitrogen functional groups attached to an aromatic ring is 1. The minimum Gasteiger partial charge on any atom is -0.399 e. The SMILES string of the molecule is Nc1ccc2c(c1)N(S(=O)(=O)C1CCOCC1)CCC2. The fourth-order valence-electron chi connectivity index (χ4n) is 2.98. The highest BCUT2D eigenvalue weighted by Crippen LogP contribution is 2.33. The van der Waals surface area contributed by atoms with Crippen LogP contribution in [0.1, 0.15) is 24.8 Å². The van der Waals surface area contributed by atoms with Gasteiger partial charge in [0.2, 0.25) is 10.0 Å². The number of nitrogens with zero attached hydrogens (tertiary/aromatic N) is 1. The van der Waals surface area contributed by atoms with Gasteiger partial charge in [0.25, 0.3) is 0 Å². The van der Waals surface area contributed by atoms with Crippen molar-refractivity contribution in [3.63, 3.8) is 0 Å². The maximum absolute atomic E-state index is 12.8. The van der Waals surface area contributed by atoms with Crippen LogP contribution in [0.3, 0.4) is 0 Å². The zero-order chi connectivity index (χ0) is 14.2. The van der Waals surface area contributed by atoms with E-state index in [1.165, 1.54) is 0 Å². The van der Waals surface area contributed by atoms with Crippen molar-refractivity contribution >= 4 is 21.4 Å². The van der Waals surface area contributed by atoms with E-state index in [1.54, 1.807) is 10.4 Å². The van der Waals surface area contributed by atoms with Crippen molar-refractivity contribution in [3.05, 3.63) is 23.8 Å². The molecule has 2 aliphatic rings. The average Bonchev–Trinajstić information content (AvgIpc) is 2.47. The first kappa shape index (κ1) is 13.7. The van der Waals surface area contributed by atoms with Gasteiger partial charge in [0.1, 0.15) is 0 Å². The Bertz CT molecular complexity index is 594. The normalized spacial score (nSPS) is 20.7. The van der Waals surface area contributed by atoms with Gasteiger partial charge < -0.3 is 10.5 Å². The third kappa shape index (κ3) is 2.38. The lowest BCUT2D eigenvalue weighted by Crippen LogP contribution is -2.43. The number of sulfonamides is 1. The van der Waals surface area contributed by atoms with Crippen LogP contribution in [0.15, 0.2) is 18.2 Å². The molecule has 1 saturated heterocycles. The molecule has 0 aliphatic carbocycles. The lowest BCUT2D eigenvalue weighted by molar-refractivity contribution is 0.0983. The molecular formula is C14H20N2O3S. The van der Waals surface area contributed by atoms with Crippen LogP contribution in [0.2, 0.25) is 0 Å². The Morgan fingerprint density at radius 2 is 2.00 bits per heavy atom. The van der Waals surface area contributed by atoms with Crippen molar-refractivity contribution in [1.29, 1.82) is 0 Å². The first-order chi connectivity index (χ1) is 9.59. The molecule has 3 rings (SSSR count). The van der Waals surface area contributed by atoms with E-state index in [-0.39, 0.29) is 5.25 Å². The first-order valence-electron chi connectivity index (χ1n) is 7.07. The third-order valence-corrected chi connectivity index (χ3v) is 6.39. The highest BCUT2D eigenvalue weighted by molar-refractivity contribution is 7.93. The van der Waals surface area contributed by atoms with Crippen molar-refractivity contribution in [2.45, 2.75) is 30.9 Å². The van der Waals surface area contributed by atoms with Crippen LogP contribution in [0.5, 0.6) is 0 Å². The molecule has 0 spiro atoms. The summed E-state index contributed by atoms with van der Waals surface area (Å²) in [5.41, 5.74) is 8.27. The van der Waals surface area contributed by atoms with E-state index in [9.17, 15) is 8.42 Å². The lowest BCUT2D eigenvalue weighted by atomic mass is 10.0. The Morgan fingerprint density at radius 1 is 1.25 bits per heavy atom. The van der Waals surface area contributed by atoms with Crippen molar-refractivity contribution in [2.24, 2.45) is 0 Å². The Kier molecular flexibility index (Phi) is 3.60. The van der Waals surface area contributed by atoms with Gasteiger partial charge in [0.15, 0.2) is 0 Å². The average molecular weight is 296 g/mol. The molecule has 2 aliphatic heterocycles. The molecule has 2 N–H and O–H groups in total. The number of anilines is 2. The van der Waals surface area contributed by atoms with Gasteiger partial charge in [0.05, 0.1) is 10.9 Å². The number of benzene rings is 1. The molecule has 0 bridgehead atoms. The molecule has 0 saturated carbocycles. The summed E-state index contributed by atoms with van der Waals surface area (Å²) in [6, 6.07) is 5.56. The summed E-state index contributed by atoms with van der Waals surface area (Å²) in [7, 11) is -3.32. The van der Waals surface area contributed by atoms with Gasteiger partial charge in [-0.1, -0.05) is 6.07 Å². The zero-order valence-electron chi connectivity index (χ0n) is 11.4. The van der Waals surface area contributed by atoms with E-state index in [1.807, 2.05) is 12.1 Å². The smallest absolute Gasteiger partial charge is 0.238 e. The minimum atomic E-state index is -3.32. The first-order valence-corrected chi connectivity index (χ1v) is 8.57. The van der Waals surface area contributed by atoms with Crippen LogP contribution >= 0.6 is 0 Å². The van der Waals surface area contributed by atoms with Crippen LogP contribution < -0.4 is 10.0 Å². The van der Waals surface area contributed by atoms with Crippen LogP contribution in [-0.2, 0) is 21.2 Å². The van der Waals surface area contributed by atoms with E-state index >= 15 is 0 Å². The number of hydrogen-bond donors (Lipinski definition) is 1. The highest BCUT2D eigenvalue weighted by atomic mass is 32.2. The molecule has 110 valence electrons. The van der Waals surface area contributed by atoms with E-state index in [2.05, 4.69) is 0 Å². The topological polar surface area (TPSA) is 72.6 Å². The van der Waals surface area contributed by atoms with Gasteiger partial charge in [-0.2, -0.15) is 0 Å². The molecule has 0 atom stereocenters. The van der Waals surface area contributed by atoms with Gasteiger partial charge in [-0.3, -0.25) is 4.31 Å². The molecule has 6 heteroatoms. The number of fused-ring (bicyclic) bond motifs is 1. The Labute approximate surface area is 119 Å². The number of nitrogens with two attached hydrogens (primary N) is 1. The summed E-state index contributed by atoms with van der Waals surface area (Å²) in [5, 5.41) is -0.330. The molecule has 1 fully saturated rings. The lowest BCUT2D eigenvalue weighted by Gasteiger charge is -2.35. The number of aryl methyl sites for hydroxylation is 1. The Hall–Kier alpha value is -1.27. The van der Waals surface area contributed by atoms with Crippen LogP contribution in [0, 0.1) is 0 Å². The standard InChI is InChI=1S/C14H20N2O3S/c15-12-4-3-11-2-1-7-16(14(11)10-12)20(17,18)13-5-8-19-9-6-13/h3-4,10,13H,1-2,5-9,15H2. The summed E-state index contributed by atoms with van der Waals surface area (Å²) < 4.78 is 32.5. The maximum atomic E-state index is 12.8. The van der Waals surface area contributed by atoms with Gasteiger partial charge in [-0.25, -0.2) is 8.42 Å². The molecule has 20 heavy (non-hydrogen) atoms. The highest BCUT2D eigenvalue weighted by Gasteiger charge is 2.35. The van der Waals surface area contributed by atoms with Gasteiger partial charge >= 0.3 is 0 Å². The summed E-state index contributed by atoms with van der Waals surface area (Å²) in [5.74, 6) is 0. The molecule has 0 amide bonds. The molecule has 1 aromatic rings. The molecule has 1 aromatic carbocycles. The molecule has 0 unspecified atom stereocenters. The van der Waals surface area contributed by atoms with Crippen LogP contribution in [-0.4, -0.2) is 33.4 Å². The van der Waals surface area contributed by atoms with Gasteiger partial charge in [-0.15, -0.1) is 0 Å². The number of rotatable bonds is 2. The Balaban J connectivity index is 1.97. The second-order valence-electron chi connectivity index (χ2n) is 5.42. The largest absolute Gasteiger partial charge is 0.399 e. The summed E-state index contributed by atoms with van der Waals surface area (Å²) in [6.45, 7) is 1.61. The minimum absolute atomic E-state index is 0.330. The van der Waals surface area contributed by atoms with Gasteiger partial charge in [-0.05, 0) is 43.4 Å². The summed E-state index contributed by atoms with van der Waals surface area (Å²) in [6.07, 6.45) is 2.93. The third-order valence-electron chi connectivity index (χ3n) is 4.08. The zero-order valence-corrected chi connectivity index (χ0v) is 12.2. The predicted molar refractivity (Wildman–Crippen MR) is 79.3 cm³/mol. The van der Waals surface area contributed by atoms with Crippen molar-refractivity contribution < 1.29 is 13.2 Å². The second kappa shape index (κ2) is 5.26. The fourth-order valence-corrected chi connectivity index (χ4v) is 4.95. The number of ether oxygens (including phenoxy) is 1. The maximum Gasteiger partial charge on any atom is 0.238 e. The van der Waals surface area contributed by atoms with Gasteiger partial charge in [0, 0.05) is 25.4 Å². The quantitative estimate of drug-likeness (QED) is 0.840. The summed E-state index contributed by atoms with van der Waals surface area (Å²) >= 11 is 0. The monoisotopic (exact) mass is 296 g/mol. The Morgan fingerprint density at radius 3 is 2.75 bits per heavy atom. The molecule has 0 radical (unpaired) electrons. The van der Waals surface area contributed by atoms with Crippen LogP contribution in [0.25, 0.3) is 0 Å².